The molecule has 144 valence electrons. The van der Waals surface area contributed by atoms with Gasteiger partial charge < -0.3 is 0 Å². The maximum Gasteiger partial charge on any atom is 0.250 e. The zero-order valence-corrected chi connectivity index (χ0v) is 18.2. The first kappa shape index (κ1) is 20.9. The van der Waals surface area contributed by atoms with Gasteiger partial charge in [-0.05, 0) is 24.1 Å². The summed E-state index contributed by atoms with van der Waals surface area (Å²) in [6.45, 7) is 2.02. The topological polar surface area (TPSA) is 67.2 Å². The SMILES string of the molecule is Cc1ccc(/C=N/NC(=O)CSc2nnc(SCc3ccccc3Cl)s2)cc1. The van der Waals surface area contributed by atoms with Crippen molar-refractivity contribution < 1.29 is 4.79 Å². The summed E-state index contributed by atoms with van der Waals surface area (Å²) in [6.07, 6.45) is 1.62. The predicted octanol–water partition coefficient (Wildman–Crippen LogP) is 5.03. The van der Waals surface area contributed by atoms with Crippen LogP contribution in [0.1, 0.15) is 16.7 Å². The van der Waals surface area contributed by atoms with Crippen LogP contribution in [0.25, 0.3) is 0 Å². The fourth-order valence-electron chi connectivity index (χ4n) is 2.06. The minimum atomic E-state index is -0.186. The number of nitrogens with one attached hydrogen (secondary N) is 1. The summed E-state index contributed by atoms with van der Waals surface area (Å²) in [5, 5.41) is 13.0. The van der Waals surface area contributed by atoms with Crippen LogP contribution in [0.15, 0.2) is 62.3 Å². The van der Waals surface area contributed by atoms with Gasteiger partial charge in [0, 0.05) is 10.8 Å². The number of carbonyl (C=O) groups excluding carboxylic acids is 1. The number of amides is 1. The Hall–Kier alpha value is -1.87. The number of halogens is 1. The van der Waals surface area contributed by atoms with Crippen molar-refractivity contribution in [3.63, 3.8) is 0 Å². The molecule has 1 amide bonds. The number of hydrazone groups is 1. The van der Waals surface area contributed by atoms with Gasteiger partial charge >= 0.3 is 0 Å². The van der Waals surface area contributed by atoms with Crippen LogP contribution in [-0.2, 0) is 10.5 Å². The number of rotatable bonds is 8. The van der Waals surface area contributed by atoms with E-state index in [2.05, 4.69) is 20.7 Å². The lowest BCUT2D eigenvalue weighted by Crippen LogP contribution is -2.19. The van der Waals surface area contributed by atoms with E-state index < -0.39 is 0 Å². The largest absolute Gasteiger partial charge is 0.272 e. The predicted molar refractivity (Wildman–Crippen MR) is 119 cm³/mol. The van der Waals surface area contributed by atoms with Gasteiger partial charge in [-0.25, -0.2) is 5.43 Å². The second-order valence-electron chi connectivity index (χ2n) is 5.71. The first-order valence-corrected chi connectivity index (χ1v) is 11.5. The summed E-state index contributed by atoms with van der Waals surface area (Å²) in [5.41, 5.74) is 5.69. The van der Waals surface area contributed by atoms with Gasteiger partial charge in [-0.3, -0.25) is 4.79 Å². The van der Waals surface area contributed by atoms with E-state index in [0.29, 0.717) is 0 Å². The molecular formula is C19H17ClN4OS3. The molecular weight excluding hydrogens is 432 g/mol. The summed E-state index contributed by atoms with van der Waals surface area (Å²) >= 11 is 10.5. The molecule has 2 aromatic carbocycles. The van der Waals surface area contributed by atoms with Crippen molar-refractivity contribution in [2.75, 3.05) is 5.75 Å². The molecule has 3 rings (SSSR count). The third kappa shape index (κ3) is 6.63. The molecule has 1 N–H and O–H groups in total. The number of nitrogens with zero attached hydrogens (tertiary/aromatic N) is 3. The Morgan fingerprint density at radius 3 is 2.61 bits per heavy atom. The van der Waals surface area contributed by atoms with Gasteiger partial charge in [0.05, 0.1) is 12.0 Å². The van der Waals surface area contributed by atoms with Crippen LogP contribution >= 0.6 is 46.5 Å². The molecule has 0 aliphatic rings. The van der Waals surface area contributed by atoms with E-state index in [4.69, 9.17) is 11.6 Å². The smallest absolute Gasteiger partial charge is 0.250 e. The van der Waals surface area contributed by atoms with Crippen molar-refractivity contribution in [2.45, 2.75) is 21.4 Å². The molecule has 9 heteroatoms. The number of hydrogen-bond donors (Lipinski definition) is 1. The summed E-state index contributed by atoms with van der Waals surface area (Å²) in [5.74, 6) is 0.774. The minimum Gasteiger partial charge on any atom is -0.272 e. The molecule has 0 aliphatic heterocycles. The van der Waals surface area contributed by atoms with Crippen molar-refractivity contribution in [3.05, 3.63) is 70.2 Å². The van der Waals surface area contributed by atoms with E-state index in [1.165, 1.54) is 28.7 Å². The fraction of sp³-hybridized carbons (Fsp3) is 0.158. The molecule has 0 radical (unpaired) electrons. The molecule has 0 saturated heterocycles. The lowest BCUT2D eigenvalue weighted by Gasteiger charge is -2.00. The Morgan fingerprint density at radius 2 is 1.86 bits per heavy atom. The van der Waals surface area contributed by atoms with Crippen LogP contribution in [0.3, 0.4) is 0 Å². The van der Waals surface area contributed by atoms with Crippen LogP contribution in [0, 0.1) is 6.92 Å². The third-order valence-electron chi connectivity index (χ3n) is 3.50. The summed E-state index contributed by atoms with van der Waals surface area (Å²) in [6, 6.07) is 15.6. The van der Waals surface area contributed by atoms with E-state index in [-0.39, 0.29) is 11.7 Å². The van der Waals surface area contributed by atoms with Crippen molar-refractivity contribution >= 4 is 58.6 Å². The fourth-order valence-corrected chi connectivity index (χ4v) is 5.16. The van der Waals surface area contributed by atoms with Gasteiger partial charge in [0.25, 0.3) is 5.91 Å². The number of thioether (sulfide) groups is 2. The van der Waals surface area contributed by atoms with E-state index in [1.807, 2.05) is 55.5 Å². The van der Waals surface area contributed by atoms with E-state index in [0.717, 1.165) is 30.6 Å². The Kier molecular flexibility index (Phi) is 7.90. The maximum absolute atomic E-state index is 11.9. The van der Waals surface area contributed by atoms with Gasteiger partial charge in [0.15, 0.2) is 8.68 Å². The number of aryl methyl sites for hydroxylation is 1. The molecule has 0 saturated carbocycles. The highest BCUT2D eigenvalue weighted by Gasteiger charge is 2.09. The Labute approximate surface area is 181 Å². The Morgan fingerprint density at radius 1 is 1.14 bits per heavy atom. The monoisotopic (exact) mass is 448 g/mol. The second-order valence-corrected chi connectivity index (χ2v) is 9.54. The second kappa shape index (κ2) is 10.6. The van der Waals surface area contributed by atoms with Crippen molar-refractivity contribution in [3.8, 4) is 0 Å². The Bertz CT molecular complexity index is 960. The molecule has 5 nitrogen and oxygen atoms in total. The molecule has 1 aromatic heterocycles. The highest BCUT2D eigenvalue weighted by molar-refractivity contribution is 8.03. The van der Waals surface area contributed by atoms with Crippen molar-refractivity contribution in [2.24, 2.45) is 5.10 Å². The summed E-state index contributed by atoms with van der Waals surface area (Å²) in [7, 11) is 0. The van der Waals surface area contributed by atoms with Gasteiger partial charge in [-0.1, -0.05) is 94.5 Å². The highest BCUT2D eigenvalue weighted by Crippen LogP contribution is 2.32. The molecule has 0 fully saturated rings. The Balaban J connectivity index is 1.41. The van der Waals surface area contributed by atoms with Gasteiger partial charge in [-0.15, -0.1) is 10.2 Å². The molecule has 1 heterocycles. The molecule has 0 bridgehead atoms. The van der Waals surface area contributed by atoms with Crippen LogP contribution in [0.5, 0.6) is 0 Å². The first-order valence-electron chi connectivity index (χ1n) is 8.31. The van der Waals surface area contributed by atoms with Gasteiger partial charge in [-0.2, -0.15) is 5.10 Å². The molecule has 0 aliphatic carbocycles. The summed E-state index contributed by atoms with van der Waals surface area (Å²) in [4.78, 5) is 11.9. The number of aromatic nitrogens is 2. The van der Waals surface area contributed by atoms with E-state index in [9.17, 15) is 4.79 Å². The standard InChI is InChI=1S/C19H17ClN4OS3/c1-13-6-8-14(9-7-13)10-21-22-17(25)12-27-19-24-23-18(28-19)26-11-15-4-2-3-5-16(15)20/h2-10H,11-12H2,1H3,(H,22,25)/b21-10+. The normalized spacial score (nSPS) is 11.1. The molecule has 0 spiro atoms. The number of benzene rings is 2. The minimum absolute atomic E-state index is 0.186. The van der Waals surface area contributed by atoms with Crippen LogP contribution in [-0.4, -0.2) is 28.1 Å². The molecule has 3 aromatic rings. The highest BCUT2D eigenvalue weighted by atomic mass is 35.5. The van der Waals surface area contributed by atoms with Gasteiger partial charge in [0.1, 0.15) is 0 Å². The average Bonchev–Trinajstić information content (AvgIpc) is 3.15. The molecule has 0 atom stereocenters. The molecule has 0 unspecified atom stereocenters. The van der Waals surface area contributed by atoms with Gasteiger partial charge in [0.2, 0.25) is 0 Å². The lowest BCUT2D eigenvalue weighted by atomic mass is 10.2. The summed E-state index contributed by atoms with van der Waals surface area (Å²) < 4.78 is 1.60. The number of hydrogen-bond acceptors (Lipinski definition) is 7. The van der Waals surface area contributed by atoms with Crippen molar-refractivity contribution in [1.82, 2.24) is 15.6 Å². The zero-order chi connectivity index (χ0) is 19.8. The van der Waals surface area contributed by atoms with Crippen LogP contribution in [0.4, 0.5) is 0 Å². The maximum atomic E-state index is 11.9. The third-order valence-corrected chi connectivity index (χ3v) is 7.11. The van der Waals surface area contributed by atoms with E-state index in [1.54, 1.807) is 18.0 Å². The van der Waals surface area contributed by atoms with Crippen molar-refractivity contribution in [1.29, 1.82) is 0 Å². The average molecular weight is 449 g/mol. The number of carbonyl (C=O) groups is 1. The zero-order valence-electron chi connectivity index (χ0n) is 15.0. The van der Waals surface area contributed by atoms with Crippen LogP contribution < -0.4 is 5.43 Å². The lowest BCUT2D eigenvalue weighted by molar-refractivity contribution is -0.118. The molecule has 28 heavy (non-hydrogen) atoms. The first-order chi connectivity index (χ1) is 13.6. The van der Waals surface area contributed by atoms with E-state index >= 15 is 0 Å². The quantitative estimate of drug-likeness (QED) is 0.297. The van der Waals surface area contributed by atoms with Crippen LogP contribution in [0.2, 0.25) is 5.02 Å².